The summed E-state index contributed by atoms with van der Waals surface area (Å²) in [4.78, 5) is 0. The van der Waals surface area contributed by atoms with E-state index in [0.717, 1.165) is 0 Å². The second kappa shape index (κ2) is 9.11. The highest BCUT2D eigenvalue weighted by Gasteiger charge is 2.06. The van der Waals surface area contributed by atoms with Gasteiger partial charge in [-0.05, 0) is 25.0 Å². The molecule has 0 atom stereocenters. The first kappa shape index (κ1) is 16.4. The van der Waals surface area contributed by atoms with Gasteiger partial charge in [0.05, 0.1) is 0 Å². The van der Waals surface area contributed by atoms with Gasteiger partial charge in [0.2, 0.25) is 10.1 Å². The Balaban J connectivity index is 1.57. The highest BCUT2D eigenvalue weighted by Crippen LogP contribution is 2.18. The van der Waals surface area contributed by atoms with Gasteiger partial charge in [0, 0.05) is 35.8 Å². The normalized spacial score (nSPS) is 10.8. The Kier molecular flexibility index (Phi) is 7.10. The smallest absolute Gasteiger partial charge is 0.196 e. The molecular weight excluding hydrogens is 296 g/mol. The Morgan fingerprint density at radius 3 is 1.62 bits per heavy atom. The maximum atomic E-state index is 2.19. The van der Waals surface area contributed by atoms with Gasteiger partial charge in [0.25, 0.3) is 0 Å². The lowest BCUT2D eigenvalue weighted by molar-refractivity contribution is -0.708. The van der Waals surface area contributed by atoms with Crippen molar-refractivity contribution in [1.82, 2.24) is 0 Å². The summed E-state index contributed by atoms with van der Waals surface area (Å²) in [5, 5.41) is 2.70. The van der Waals surface area contributed by atoms with Gasteiger partial charge in [0.15, 0.2) is 12.4 Å². The molecule has 0 aliphatic carbocycles. The quantitative estimate of drug-likeness (QED) is 0.418. The molecule has 0 amide bonds. The molecule has 0 spiro atoms. The standard InChI is InChI=1S/C17H24N2S2/c1-18-12-6-4-10-16(18)20-14-8-3-9-15-21-17-11-5-7-13-19(17)2/h4-7,10-13H,3,8-9,14-15H2,1-2H3/q+2. The van der Waals surface area contributed by atoms with Crippen LogP contribution in [0.4, 0.5) is 0 Å². The predicted octanol–water partition coefficient (Wildman–Crippen LogP) is 3.39. The van der Waals surface area contributed by atoms with Crippen LogP contribution in [0.1, 0.15) is 19.3 Å². The average Bonchev–Trinajstić information content (AvgIpc) is 2.50. The number of rotatable bonds is 8. The summed E-state index contributed by atoms with van der Waals surface area (Å²) in [6, 6.07) is 12.7. The minimum atomic E-state index is 1.21. The van der Waals surface area contributed by atoms with E-state index in [1.807, 2.05) is 23.5 Å². The molecule has 2 heterocycles. The van der Waals surface area contributed by atoms with Crippen LogP contribution in [-0.4, -0.2) is 11.5 Å². The Morgan fingerprint density at radius 2 is 1.19 bits per heavy atom. The largest absolute Gasteiger partial charge is 0.239 e. The first-order valence-electron chi connectivity index (χ1n) is 7.42. The van der Waals surface area contributed by atoms with E-state index in [9.17, 15) is 0 Å². The van der Waals surface area contributed by atoms with Gasteiger partial charge in [-0.3, -0.25) is 0 Å². The van der Waals surface area contributed by atoms with Crippen molar-refractivity contribution in [3.8, 4) is 0 Å². The van der Waals surface area contributed by atoms with Gasteiger partial charge < -0.3 is 0 Å². The van der Waals surface area contributed by atoms with Crippen LogP contribution in [0.2, 0.25) is 0 Å². The van der Waals surface area contributed by atoms with Crippen LogP contribution in [0.15, 0.2) is 58.8 Å². The number of aromatic nitrogens is 2. The molecule has 0 aromatic carbocycles. The lowest BCUT2D eigenvalue weighted by Gasteiger charge is -2.01. The maximum Gasteiger partial charge on any atom is 0.239 e. The Labute approximate surface area is 136 Å². The molecule has 0 aliphatic rings. The van der Waals surface area contributed by atoms with Crippen molar-refractivity contribution in [2.45, 2.75) is 29.3 Å². The van der Waals surface area contributed by atoms with Gasteiger partial charge in [-0.2, -0.15) is 9.13 Å². The lowest BCUT2D eigenvalue weighted by atomic mass is 10.3. The Bertz CT molecular complexity index is 508. The van der Waals surface area contributed by atoms with Crippen molar-refractivity contribution in [3.05, 3.63) is 48.8 Å². The topological polar surface area (TPSA) is 7.76 Å². The molecule has 2 rings (SSSR count). The minimum absolute atomic E-state index is 1.21. The van der Waals surface area contributed by atoms with Crippen molar-refractivity contribution in [1.29, 1.82) is 0 Å². The maximum absolute atomic E-state index is 2.19. The highest BCUT2D eigenvalue weighted by atomic mass is 32.2. The third-order valence-electron chi connectivity index (χ3n) is 3.30. The SMILES string of the molecule is C[n+]1ccccc1SCCCCCSc1cccc[n+]1C. The number of nitrogens with zero attached hydrogens (tertiary/aromatic N) is 2. The van der Waals surface area contributed by atoms with Crippen molar-refractivity contribution < 1.29 is 9.13 Å². The lowest BCUT2D eigenvalue weighted by Crippen LogP contribution is -2.29. The van der Waals surface area contributed by atoms with Gasteiger partial charge in [-0.1, -0.05) is 29.9 Å². The molecule has 0 radical (unpaired) electrons. The molecule has 0 aliphatic heterocycles. The van der Waals surface area contributed by atoms with Crippen LogP contribution in [0.5, 0.6) is 0 Å². The number of hydrogen-bond acceptors (Lipinski definition) is 2. The second-order valence-corrected chi connectivity index (χ2v) is 7.29. The van der Waals surface area contributed by atoms with E-state index in [-0.39, 0.29) is 0 Å². The van der Waals surface area contributed by atoms with Crippen LogP contribution in [0.3, 0.4) is 0 Å². The minimum Gasteiger partial charge on any atom is -0.196 e. The molecular formula is C17H24N2S2+2. The van der Waals surface area contributed by atoms with E-state index >= 15 is 0 Å². The zero-order valence-corrected chi connectivity index (χ0v) is 14.5. The summed E-state index contributed by atoms with van der Waals surface area (Å²) >= 11 is 3.91. The third kappa shape index (κ3) is 5.71. The van der Waals surface area contributed by atoms with Crippen molar-refractivity contribution in [2.24, 2.45) is 14.1 Å². The van der Waals surface area contributed by atoms with Gasteiger partial charge in [0.1, 0.15) is 14.1 Å². The second-order valence-electron chi connectivity index (χ2n) is 5.06. The molecule has 2 nitrogen and oxygen atoms in total. The Morgan fingerprint density at radius 1 is 0.714 bits per heavy atom. The monoisotopic (exact) mass is 320 g/mol. The fourth-order valence-corrected chi connectivity index (χ4v) is 4.04. The van der Waals surface area contributed by atoms with E-state index in [2.05, 4.69) is 72.0 Å². The van der Waals surface area contributed by atoms with Gasteiger partial charge in [-0.15, -0.1) is 0 Å². The fraction of sp³-hybridized carbons (Fsp3) is 0.412. The van der Waals surface area contributed by atoms with Gasteiger partial charge in [-0.25, -0.2) is 0 Å². The predicted molar refractivity (Wildman–Crippen MR) is 90.5 cm³/mol. The van der Waals surface area contributed by atoms with Crippen LogP contribution < -0.4 is 9.13 Å². The van der Waals surface area contributed by atoms with E-state index < -0.39 is 0 Å². The summed E-state index contributed by atoms with van der Waals surface area (Å²) in [5.41, 5.74) is 0. The molecule has 0 N–H and O–H groups in total. The van der Waals surface area contributed by atoms with E-state index in [4.69, 9.17) is 0 Å². The number of unbranched alkanes of at least 4 members (excludes halogenated alkanes) is 2. The number of thioether (sulfide) groups is 2. The highest BCUT2D eigenvalue weighted by molar-refractivity contribution is 7.99. The van der Waals surface area contributed by atoms with Crippen LogP contribution in [0, 0.1) is 0 Å². The number of pyridine rings is 2. The van der Waals surface area contributed by atoms with Crippen molar-refractivity contribution >= 4 is 23.5 Å². The first-order chi connectivity index (χ1) is 10.3. The molecule has 2 aromatic rings. The summed E-state index contributed by atoms with van der Waals surface area (Å²) in [6.07, 6.45) is 8.12. The van der Waals surface area contributed by atoms with Crippen LogP contribution >= 0.6 is 23.5 Å². The summed E-state index contributed by atoms with van der Waals surface area (Å²) in [7, 11) is 4.22. The molecule has 112 valence electrons. The molecule has 0 unspecified atom stereocenters. The number of aryl methyl sites for hydroxylation is 2. The van der Waals surface area contributed by atoms with Crippen LogP contribution in [-0.2, 0) is 14.1 Å². The molecule has 0 bridgehead atoms. The molecule has 0 saturated heterocycles. The summed E-state index contributed by atoms with van der Waals surface area (Å²) in [5.74, 6) is 2.42. The zero-order valence-electron chi connectivity index (χ0n) is 12.9. The van der Waals surface area contributed by atoms with Crippen molar-refractivity contribution in [3.63, 3.8) is 0 Å². The first-order valence-corrected chi connectivity index (χ1v) is 9.39. The zero-order chi connectivity index (χ0) is 14.9. The molecule has 0 fully saturated rings. The molecule has 4 heteroatoms. The fourth-order valence-electron chi connectivity index (χ4n) is 2.05. The van der Waals surface area contributed by atoms with Gasteiger partial charge >= 0.3 is 0 Å². The summed E-state index contributed by atoms with van der Waals surface area (Å²) in [6.45, 7) is 0. The molecule has 2 aromatic heterocycles. The average molecular weight is 321 g/mol. The van der Waals surface area contributed by atoms with Crippen molar-refractivity contribution in [2.75, 3.05) is 11.5 Å². The molecule has 0 saturated carbocycles. The number of hydrogen-bond donors (Lipinski definition) is 0. The Hall–Kier alpha value is -1.00. The van der Waals surface area contributed by atoms with E-state index in [0.29, 0.717) is 0 Å². The van der Waals surface area contributed by atoms with E-state index in [1.54, 1.807) is 0 Å². The third-order valence-corrected chi connectivity index (χ3v) is 5.73. The molecule has 21 heavy (non-hydrogen) atoms. The van der Waals surface area contributed by atoms with Crippen LogP contribution in [0.25, 0.3) is 0 Å². The van der Waals surface area contributed by atoms with E-state index in [1.165, 1.54) is 40.8 Å². The summed E-state index contributed by atoms with van der Waals surface area (Å²) < 4.78 is 4.38.